The summed E-state index contributed by atoms with van der Waals surface area (Å²) in [5.41, 5.74) is 8.50. The van der Waals surface area contributed by atoms with Gasteiger partial charge in [-0.15, -0.1) is 11.3 Å². The van der Waals surface area contributed by atoms with E-state index in [1.165, 1.54) is 12.8 Å². The first-order valence-electron chi connectivity index (χ1n) is 6.11. The number of hydrogen-bond acceptors (Lipinski definition) is 5. The van der Waals surface area contributed by atoms with Crippen LogP contribution >= 0.6 is 11.3 Å². The first-order valence-corrected chi connectivity index (χ1v) is 6.99. The predicted molar refractivity (Wildman–Crippen MR) is 74.7 cm³/mol. The average Bonchev–Trinajstić information content (AvgIpc) is 3.15. The van der Waals surface area contributed by atoms with E-state index in [2.05, 4.69) is 27.3 Å². The first kappa shape index (κ1) is 11.6. The fourth-order valence-corrected chi connectivity index (χ4v) is 2.75. The lowest BCUT2D eigenvalue weighted by molar-refractivity contribution is 0.909. The second-order valence-corrected chi connectivity index (χ2v) is 5.44. The molecular weight excluding hydrogens is 244 g/mol. The van der Waals surface area contributed by atoms with Gasteiger partial charge in [0.05, 0.1) is 11.4 Å². The molecule has 1 fully saturated rings. The van der Waals surface area contributed by atoms with Crippen molar-refractivity contribution in [2.24, 2.45) is 5.73 Å². The second kappa shape index (κ2) is 4.66. The maximum atomic E-state index is 5.54. The Kier molecular flexibility index (Phi) is 3.01. The largest absolute Gasteiger partial charge is 0.348 e. The van der Waals surface area contributed by atoms with Crippen molar-refractivity contribution in [3.63, 3.8) is 0 Å². The van der Waals surface area contributed by atoms with Crippen LogP contribution in [0.15, 0.2) is 23.7 Å². The van der Waals surface area contributed by atoms with Crippen molar-refractivity contribution in [2.45, 2.75) is 25.4 Å². The standard InChI is InChI=1S/C13H16N4S/c1-17(11-4-5-11)13-16-12(8-18-13)9-2-3-10(6-14)15-7-9/h2-3,7-8,11H,4-6,14H2,1H3. The van der Waals surface area contributed by atoms with Crippen molar-refractivity contribution in [1.82, 2.24) is 9.97 Å². The molecule has 1 saturated carbocycles. The van der Waals surface area contributed by atoms with Gasteiger partial charge in [-0.1, -0.05) is 0 Å². The summed E-state index contributed by atoms with van der Waals surface area (Å²) >= 11 is 1.69. The van der Waals surface area contributed by atoms with E-state index in [9.17, 15) is 0 Å². The molecule has 0 spiro atoms. The lowest BCUT2D eigenvalue weighted by atomic mass is 10.2. The van der Waals surface area contributed by atoms with Crippen LogP contribution in [0, 0.1) is 0 Å². The van der Waals surface area contributed by atoms with Gasteiger partial charge < -0.3 is 10.6 Å². The molecule has 18 heavy (non-hydrogen) atoms. The fraction of sp³-hybridized carbons (Fsp3) is 0.385. The summed E-state index contributed by atoms with van der Waals surface area (Å²) in [6.45, 7) is 0.479. The van der Waals surface area contributed by atoms with Crippen molar-refractivity contribution in [3.05, 3.63) is 29.4 Å². The van der Waals surface area contributed by atoms with Gasteiger partial charge in [0, 0.05) is 36.8 Å². The van der Waals surface area contributed by atoms with Gasteiger partial charge in [0.25, 0.3) is 0 Å². The van der Waals surface area contributed by atoms with E-state index in [-0.39, 0.29) is 0 Å². The SMILES string of the molecule is CN(c1nc(-c2ccc(CN)nc2)cs1)C1CC1. The van der Waals surface area contributed by atoms with Crippen LogP contribution in [0.2, 0.25) is 0 Å². The molecule has 0 aromatic carbocycles. The number of rotatable bonds is 4. The van der Waals surface area contributed by atoms with Gasteiger partial charge in [-0.2, -0.15) is 0 Å². The van der Waals surface area contributed by atoms with Crippen LogP contribution in [-0.4, -0.2) is 23.1 Å². The Hall–Kier alpha value is -1.46. The van der Waals surface area contributed by atoms with Gasteiger partial charge in [0.1, 0.15) is 0 Å². The van der Waals surface area contributed by atoms with Crippen molar-refractivity contribution in [3.8, 4) is 11.3 Å². The Morgan fingerprint density at radius 1 is 1.44 bits per heavy atom. The normalized spacial score (nSPS) is 14.8. The van der Waals surface area contributed by atoms with Crippen LogP contribution in [0.25, 0.3) is 11.3 Å². The summed E-state index contributed by atoms with van der Waals surface area (Å²) in [6.07, 6.45) is 4.43. The van der Waals surface area contributed by atoms with Gasteiger partial charge in [0.2, 0.25) is 0 Å². The van der Waals surface area contributed by atoms with E-state index < -0.39 is 0 Å². The number of aromatic nitrogens is 2. The highest BCUT2D eigenvalue weighted by Gasteiger charge is 2.28. The molecule has 1 aliphatic carbocycles. The molecule has 0 unspecified atom stereocenters. The topological polar surface area (TPSA) is 55.0 Å². The highest BCUT2D eigenvalue weighted by Crippen LogP contribution is 2.33. The molecule has 4 nitrogen and oxygen atoms in total. The molecule has 0 bridgehead atoms. The Morgan fingerprint density at radius 2 is 2.28 bits per heavy atom. The Labute approximate surface area is 110 Å². The van der Waals surface area contributed by atoms with Crippen molar-refractivity contribution >= 4 is 16.5 Å². The van der Waals surface area contributed by atoms with E-state index in [0.29, 0.717) is 12.6 Å². The molecule has 0 amide bonds. The van der Waals surface area contributed by atoms with Crippen molar-refractivity contribution in [2.75, 3.05) is 11.9 Å². The summed E-state index contributed by atoms with van der Waals surface area (Å²) in [5, 5.41) is 3.18. The minimum absolute atomic E-state index is 0.479. The molecule has 94 valence electrons. The zero-order chi connectivity index (χ0) is 12.5. The lowest BCUT2D eigenvalue weighted by Gasteiger charge is -2.13. The number of hydrogen-bond donors (Lipinski definition) is 1. The van der Waals surface area contributed by atoms with Crippen LogP contribution < -0.4 is 10.6 Å². The van der Waals surface area contributed by atoms with E-state index >= 15 is 0 Å². The van der Waals surface area contributed by atoms with E-state index in [0.717, 1.165) is 22.1 Å². The van der Waals surface area contributed by atoms with Crippen molar-refractivity contribution in [1.29, 1.82) is 0 Å². The third-order valence-electron chi connectivity index (χ3n) is 3.22. The highest BCUT2D eigenvalue weighted by molar-refractivity contribution is 7.14. The predicted octanol–water partition coefficient (Wildman–Crippen LogP) is 2.26. The van der Waals surface area contributed by atoms with Crippen LogP contribution in [0.5, 0.6) is 0 Å². The number of anilines is 1. The Balaban J connectivity index is 1.82. The van der Waals surface area contributed by atoms with Crippen molar-refractivity contribution < 1.29 is 0 Å². The third-order valence-corrected chi connectivity index (χ3v) is 4.15. The molecule has 0 atom stereocenters. The number of thiazole rings is 1. The maximum Gasteiger partial charge on any atom is 0.185 e. The number of pyridine rings is 1. The van der Waals surface area contributed by atoms with Gasteiger partial charge in [0.15, 0.2) is 5.13 Å². The van der Waals surface area contributed by atoms with Gasteiger partial charge in [-0.05, 0) is 25.0 Å². The molecule has 1 aliphatic rings. The molecule has 0 radical (unpaired) electrons. The summed E-state index contributed by atoms with van der Waals surface area (Å²) < 4.78 is 0. The zero-order valence-electron chi connectivity index (χ0n) is 10.3. The number of nitrogens with two attached hydrogens (primary N) is 1. The van der Waals surface area contributed by atoms with E-state index in [1.807, 2.05) is 18.3 Å². The second-order valence-electron chi connectivity index (χ2n) is 4.60. The zero-order valence-corrected chi connectivity index (χ0v) is 11.2. The van der Waals surface area contributed by atoms with E-state index in [4.69, 9.17) is 5.73 Å². The molecule has 3 rings (SSSR count). The molecule has 5 heteroatoms. The third kappa shape index (κ3) is 2.23. The molecule has 2 heterocycles. The van der Waals surface area contributed by atoms with Crippen LogP contribution in [0.1, 0.15) is 18.5 Å². The van der Waals surface area contributed by atoms with Crippen LogP contribution in [0.3, 0.4) is 0 Å². The number of nitrogens with zero attached hydrogens (tertiary/aromatic N) is 3. The molecular formula is C13H16N4S. The average molecular weight is 260 g/mol. The van der Waals surface area contributed by atoms with Gasteiger partial charge in [-0.3, -0.25) is 4.98 Å². The Morgan fingerprint density at radius 3 is 2.89 bits per heavy atom. The van der Waals surface area contributed by atoms with Crippen LogP contribution in [-0.2, 0) is 6.54 Å². The summed E-state index contributed by atoms with van der Waals surface area (Å²) in [7, 11) is 2.12. The molecule has 0 saturated heterocycles. The molecule has 2 aromatic heterocycles. The minimum atomic E-state index is 0.479. The van der Waals surface area contributed by atoms with Crippen LogP contribution in [0.4, 0.5) is 5.13 Å². The Bertz CT molecular complexity index is 530. The summed E-state index contributed by atoms with van der Waals surface area (Å²) in [6, 6.07) is 4.69. The molecule has 2 aromatic rings. The smallest absolute Gasteiger partial charge is 0.185 e. The lowest BCUT2D eigenvalue weighted by Crippen LogP contribution is -2.18. The monoisotopic (exact) mass is 260 g/mol. The quantitative estimate of drug-likeness (QED) is 0.916. The highest BCUT2D eigenvalue weighted by atomic mass is 32.1. The van der Waals surface area contributed by atoms with Gasteiger partial charge in [-0.25, -0.2) is 4.98 Å². The minimum Gasteiger partial charge on any atom is -0.348 e. The maximum absolute atomic E-state index is 5.54. The molecule has 0 aliphatic heterocycles. The van der Waals surface area contributed by atoms with E-state index in [1.54, 1.807) is 11.3 Å². The first-order chi connectivity index (χ1) is 8.78. The fourth-order valence-electron chi connectivity index (χ4n) is 1.87. The summed E-state index contributed by atoms with van der Waals surface area (Å²) in [4.78, 5) is 11.2. The molecule has 2 N–H and O–H groups in total. The summed E-state index contributed by atoms with van der Waals surface area (Å²) in [5.74, 6) is 0. The van der Waals surface area contributed by atoms with Gasteiger partial charge >= 0.3 is 0 Å².